The molecule has 0 spiro atoms. The number of halogens is 2. The van der Waals surface area contributed by atoms with Gasteiger partial charge in [-0.1, -0.05) is 12.1 Å². The van der Waals surface area contributed by atoms with Crippen LogP contribution in [0.15, 0.2) is 42.5 Å². The Balaban J connectivity index is 1.51. The molecule has 3 aromatic rings. The summed E-state index contributed by atoms with van der Waals surface area (Å²) >= 11 is 1.21. The summed E-state index contributed by atoms with van der Waals surface area (Å²) in [5.74, 6) is -2.13. The quantitative estimate of drug-likeness (QED) is 0.704. The average molecular weight is 415 g/mol. The molecule has 0 saturated carbocycles. The number of nitrogens with one attached hydrogen (secondary N) is 1. The Morgan fingerprint density at radius 1 is 1.24 bits per heavy atom. The number of nitrogens with zero attached hydrogens (tertiary/aromatic N) is 2. The molecule has 2 amide bonds. The molecular weight excluding hydrogens is 400 g/mol. The van der Waals surface area contributed by atoms with Crippen LogP contribution in [0, 0.1) is 18.6 Å². The summed E-state index contributed by atoms with van der Waals surface area (Å²) < 4.78 is 32.0. The molecule has 0 aliphatic carbocycles. The molecule has 1 aliphatic rings. The van der Waals surface area contributed by atoms with E-state index in [4.69, 9.17) is 4.74 Å². The third kappa shape index (κ3) is 3.81. The van der Waals surface area contributed by atoms with Gasteiger partial charge in [0, 0.05) is 10.4 Å². The van der Waals surface area contributed by atoms with Crippen molar-refractivity contribution in [3.63, 3.8) is 0 Å². The number of amides is 2. The number of thiazole rings is 1. The second-order valence-corrected chi connectivity index (χ2v) is 7.54. The van der Waals surface area contributed by atoms with E-state index in [1.807, 2.05) is 0 Å². The lowest BCUT2D eigenvalue weighted by atomic mass is 10.1. The number of benzene rings is 2. The number of hydrogen-bond donors (Lipinski definition) is 1. The van der Waals surface area contributed by atoms with Crippen molar-refractivity contribution in [2.45, 2.75) is 6.92 Å². The topological polar surface area (TPSA) is 71.5 Å². The molecule has 2 aromatic carbocycles. The number of anilines is 2. The lowest BCUT2D eigenvalue weighted by Crippen LogP contribution is -2.43. The van der Waals surface area contributed by atoms with E-state index < -0.39 is 17.5 Å². The molecule has 0 fully saturated rings. The molecule has 4 rings (SSSR count). The molecular formula is C20H15F2N3O3S. The number of fused-ring (bicyclic) bond motifs is 1. The summed E-state index contributed by atoms with van der Waals surface area (Å²) in [6.45, 7) is 1.44. The molecule has 0 radical (unpaired) electrons. The molecule has 2 heterocycles. The van der Waals surface area contributed by atoms with Gasteiger partial charge >= 0.3 is 0 Å². The van der Waals surface area contributed by atoms with Crippen molar-refractivity contribution in [1.82, 2.24) is 4.98 Å². The number of aryl methyl sites for hydroxylation is 1. The van der Waals surface area contributed by atoms with Crippen LogP contribution in [-0.2, 0) is 9.59 Å². The molecule has 148 valence electrons. The van der Waals surface area contributed by atoms with Gasteiger partial charge in [-0.15, -0.1) is 11.3 Å². The predicted octanol–water partition coefficient (Wildman–Crippen LogP) is 3.76. The van der Waals surface area contributed by atoms with Gasteiger partial charge in [-0.05, 0) is 37.3 Å². The highest BCUT2D eigenvalue weighted by Crippen LogP contribution is 2.33. The fraction of sp³-hybridized carbons (Fsp3) is 0.150. The monoisotopic (exact) mass is 415 g/mol. The van der Waals surface area contributed by atoms with Crippen LogP contribution in [0.5, 0.6) is 5.75 Å². The molecule has 0 atom stereocenters. The second kappa shape index (κ2) is 7.59. The third-order valence-electron chi connectivity index (χ3n) is 4.35. The highest BCUT2D eigenvalue weighted by Gasteiger charge is 2.27. The SMILES string of the molecule is Cc1sc(NC(=O)CN2C(=O)COc3ccccc32)nc1-c1ccc(F)c(F)c1. The Morgan fingerprint density at radius 2 is 2.03 bits per heavy atom. The third-order valence-corrected chi connectivity index (χ3v) is 5.23. The highest BCUT2D eigenvalue weighted by atomic mass is 32.1. The van der Waals surface area contributed by atoms with Gasteiger partial charge in [0.25, 0.3) is 5.91 Å². The summed E-state index contributed by atoms with van der Waals surface area (Å²) in [7, 11) is 0. The van der Waals surface area contributed by atoms with E-state index in [2.05, 4.69) is 10.3 Å². The molecule has 9 heteroatoms. The molecule has 29 heavy (non-hydrogen) atoms. The predicted molar refractivity (Wildman–Crippen MR) is 105 cm³/mol. The summed E-state index contributed by atoms with van der Waals surface area (Å²) in [5, 5.41) is 2.97. The summed E-state index contributed by atoms with van der Waals surface area (Å²) in [6.07, 6.45) is 0. The van der Waals surface area contributed by atoms with Crippen molar-refractivity contribution in [3.8, 4) is 17.0 Å². The van der Waals surface area contributed by atoms with Gasteiger partial charge in [-0.25, -0.2) is 13.8 Å². The maximum atomic E-state index is 13.5. The number of ether oxygens (including phenoxy) is 1. The van der Waals surface area contributed by atoms with E-state index in [-0.39, 0.29) is 19.1 Å². The van der Waals surface area contributed by atoms with E-state index in [0.29, 0.717) is 27.8 Å². The zero-order valence-corrected chi connectivity index (χ0v) is 16.1. The zero-order chi connectivity index (χ0) is 20.5. The number of hydrogen-bond acceptors (Lipinski definition) is 5. The van der Waals surface area contributed by atoms with Crippen molar-refractivity contribution >= 4 is 34.0 Å². The average Bonchev–Trinajstić information content (AvgIpc) is 3.06. The van der Waals surface area contributed by atoms with Crippen LogP contribution < -0.4 is 15.0 Å². The van der Waals surface area contributed by atoms with Crippen molar-refractivity contribution < 1.29 is 23.1 Å². The second-order valence-electron chi connectivity index (χ2n) is 6.34. The Kier molecular flexibility index (Phi) is 4.98. The Morgan fingerprint density at radius 3 is 2.83 bits per heavy atom. The molecule has 0 bridgehead atoms. The first-order chi connectivity index (χ1) is 13.9. The molecule has 6 nitrogen and oxygen atoms in total. The normalized spacial score (nSPS) is 13.1. The van der Waals surface area contributed by atoms with E-state index in [1.165, 1.54) is 22.3 Å². The summed E-state index contributed by atoms with van der Waals surface area (Å²) in [4.78, 5) is 31.1. The first-order valence-corrected chi connectivity index (χ1v) is 9.49. The smallest absolute Gasteiger partial charge is 0.265 e. The standard InChI is InChI=1S/C20H15F2N3O3S/c1-11-19(12-6-7-13(21)14(22)8-12)24-20(29-11)23-17(26)9-25-15-4-2-3-5-16(15)28-10-18(25)27/h2-8H,9-10H2,1H3,(H,23,24,26). The minimum Gasteiger partial charge on any atom is -0.482 e. The number of carbonyl (C=O) groups is 2. The number of carbonyl (C=O) groups excluding carboxylic acids is 2. The van der Waals surface area contributed by atoms with Gasteiger partial charge in [-0.2, -0.15) is 0 Å². The van der Waals surface area contributed by atoms with Gasteiger partial charge in [-0.3, -0.25) is 14.5 Å². The van der Waals surface area contributed by atoms with E-state index in [0.717, 1.165) is 17.0 Å². The van der Waals surface area contributed by atoms with Gasteiger partial charge in [0.05, 0.1) is 11.4 Å². The molecule has 1 aliphatic heterocycles. The highest BCUT2D eigenvalue weighted by molar-refractivity contribution is 7.16. The lowest BCUT2D eigenvalue weighted by Gasteiger charge is -2.28. The Bertz CT molecular complexity index is 1120. The van der Waals surface area contributed by atoms with E-state index >= 15 is 0 Å². The minimum absolute atomic E-state index is 0.138. The van der Waals surface area contributed by atoms with Crippen LogP contribution in [0.3, 0.4) is 0 Å². The molecule has 1 aromatic heterocycles. The van der Waals surface area contributed by atoms with Gasteiger partial charge in [0.2, 0.25) is 5.91 Å². The summed E-state index contributed by atoms with van der Waals surface area (Å²) in [5.41, 5.74) is 1.39. The van der Waals surface area contributed by atoms with Crippen LogP contribution in [0.4, 0.5) is 19.6 Å². The zero-order valence-electron chi connectivity index (χ0n) is 15.2. The van der Waals surface area contributed by atoms with Crippen LogP contribution in [-0.4, -0.2) is 29.9 Å². The maximum absolute atomic E-state index is 13.5. The van der Waals surface area contributed by atoms with E-state index in [9.17, 15) is 18.4 Å². The van der Waals surface area contributed by atoms with E-state index in [1.54, 1.807) is 31.2 Å². The van der Waals surface area contributed by atoms with Crippen molar-refractivity contribution in [3.05, 3.63) is 59.0 Å². The first kappa shape index (κ1) is 19.0. The molecule has 0 saturated heterocycles. The Labute approximate surface area is 168 Å². The van der Waals surface area contributed by atoms with Crippen LogP contribution in [0.25, 0.3) is 11.3 Å². The fourth-order valence-electron chi connectivity index (χ4n) is 2.99. The van der Waals surface area contributed by atoms with Gasteiger partial charge in [0.15, 0.2) is 23.4 Å². The molecule has 1 N–H and O–H groups in total. The van der Waals surface area contributed by atoms with Gasteiger partial charge < -0.3 is 10.1 Å². The maximum Gasteiger partial charge on any atom is 0.265 e. The van der Waals surface area contributed by atoms with Crippen LogP contribution in [0.1, 0.15) is 4.88 Å². The fourth-order valence-corrected chi connectivity index (χ4v) is 3.84. The number of rotatable bonds is 4. The van der Waals surface area contributed by atoms with Gasteiger partial charge in [0.1, 0.15) is 12.3 Å². The summed E-state index contributed by atoms with van der Waals surface area (Å²) in [6, 6.07) is 10.5. The van der Waals surface area contributed by atoms with Crippen LogP contribution in [0.2, 0.25) is 0 Å². The first-order valence-electron chi connectivity index (χ1n) is 8.67. The molecule has 0 unspecified atom stereocenters. The lowest BCUT2D eigenvalue weighted by molar-refractivity contribution is -0.123. The van der Waals surface area contributed by atoms with Crippen molar-refractivity contribution in [1.29, 1.82) is 0 Å². The van der Waals surface area contributed by atoms with Crippen LogP contribution >= 0.6 is 11.3 Å². The number of aromatic nitrogens is 1. The number of para-hydroxylation sites is 2. The largest absolute Gasteiger partial charge is 0.482 e. The van der Waals surface area contributed by atoms with Crippen molar-refractivity contribution in [2.24, 2.45) is 0 Å². The van der Waals surface area contributed by atoms with Crippen molar-refractivity contribution in [2.75, 3.05) is 23.4 Å². The Hall–Kier alpha value is -3.33. The minimum atomic E-state index is -0.968.